The van der Waals surface area contributed by atoms with E-state index in [1.165, 1.54) is 6.42 Å². The van der Waals surface area contributed by atoms with Crippen molar-refractivity contribution in [1.82, 2.24) is 0 Å². The maximum atomic E-state index is 12.1. The van der Waals surface area contributed by atoms with Crippen molar-refractivity contribution in [3.05, 3.63) is 0 Å². The Morgan fingerprint density at radius 3 is 2.63 bits per heavy atom. The standard InChI is InChI=1S/C12H18O4S3/c1-19(14,15)16-11-7-12(17-3-2-4-18-12)8-5-9(11)10(13)6-8/h8-9,11H,2-7H2,1H3. The molecule has 0 aromatic heterocycles. The monoisotopic (exact) mass is 322 g/mol. The van der Waals surface area contributed by atoms with Crippen LogP contribution in [0.25, 0.3) is 0 Å². The molecule has 0 N–H and O–H groups in total. The second-order valence-electron chi connectivity index (χ2n) is 5.61. The number of carbonyl (C=O) groups is 1. The summed E-state index contributed by atoms with van der Waals surface area (Å²) in [6, 6.07) is 0. The van der Waals surface area contributed by atoms with Gasteiger partial charge in [-0.3, -0.25) is 8.98 Å². The van der Waals surface area contributed by atoms with Gasteiger partial charge in [0.05, 0.1) is 16.4 Å². The molecule has 2 aliphatic carbocycles. The predicted molar refractivity (Wildman–Crippen MR) is 77.8 cm³/mol. The molecule has 3 aliphatic rings. The molecular weight excluding hydrogens is 304 g/mol. The van der Waals surface area contributed by atoms with Gasteiger partial charge in [-0.25, -0.2) is 0 Å². The number of ketones is 1. The average molecular weight is 322 g/mol. The maximum Gasteiger partial charge on any atom is 0.264 e. The van der Waals surface area contributed by atoms with E-state index in [4.69, 9.17) is 4.18 Å². The van der Waals surface area contributed by atoms with Crippen LogP contribution in [-0.4, -0.2) is 42.1 Å². The van der Waals surface area contributed by atoms with E-state index in [0.29, 0.717) is 18.8 Å². The molecule has 0 aromatic carbocycles. The molecule has 7 heteroatoms. The van der Waals surface area contributed by atoms with Crippen molar-refractivity contribution in [2.45, 2.75) is 35.9 Å². The van der Waals surface area contributed by atoms with Gasteiger partial charge in [-0.2, -0.15) is 8.42 Å². The molecule has 1 spiro atoms. The van der Waals surface area contributed by atoms with Gasteiger partial charge in [0.25, 0.3) is 10.1 Å². The van der Waals surface area contributed by atoms with Gasteiger partial charge in [0.1, 0.15) is 5.78 Å². The van der Waals surface area contributed by atoms with Gasteiger partial charge in [-0.05, 0) is 36.7 Å². The van der Waals surface area contributed by atoms with E-state index >= 15 is 0 Å². The SMILES string of the molecule is CS(=O)(=O)OC1CC2(SCCCS2)C2CC(=O)C1C2. The lowest BCUT2D eigenvalue weighted by atomic mass is 9.85. The lowest BCUT2D eigenvalue weighted by molar-refractivity contribution is -0.122. The second kappa shape index (κ2) is 4.93. The molecule has 0 aromatic rings. The molecule has 1 saturated heterocycles. The number of carbonyl (C=O) groups excluding carboxylic acids is 1. The van der Waals surface area contributed by atoms with Gasteiger partial charge in [-0.1, -0.05) is 0 Å². The third-order valence-electron chi connectivity index (χ3n) is 4.24. The van der Waals surface area contributed by atoms with Gasteiger partial charge >= 0.3 is 0 Å². The van der Waals surface area contributed by atoms with Crippen molar-refractivity contribution in [1.29, 1.82) is 0 Å². The van der Waals surface area contributed by atoms with Crippen LogP contribution in [0.5, 0.6) is 0 Å². The molecule has 4 nitrogen and oxygen atoms in total. The molecule has 3 atom stereocenters. The molecule has 0 amide bonds. The van der Waals surface area contributed by atoms with E-state index in [-0.39, 0.29) is 15.8 Å². The first-order valence-corrected chi connectivity index (χ1v) is 10.4. The Morgan fingerprint density at radius 2 is 2.00 bits per heavy atom. The Hall–Kier alpha value is 0.280. The Balaban J connectivity index is 1.87. The molecule has 3 fully saturated rings. The fourth-order valence-electron chi connectivity index (χ4n) is 3.47. The highest BCUT2D eigenvalue weighted by Gasteiger charge is 2.56. The van der Waals surface area contributed by atoms with Crippen molar-refractivity contribution in [2.24, 2.45) is 11.8 Å². The summed E-state index contributed by atoms with van der Waals surface area (Å²) in [7, 11) is -3.50. The number of rotatable bonds is 2. The number of fused-ring (bicyclic) bond motifs is 3. The van der Waals surface area contributed by atoms with E-state index < -0.39 is 16.2 Å². The summed E-state index contributed by atoms with van der Waals surface area (Å²) in [5, 5.41) is 0. The zero-order valence-electron chi connectivity index (χ0n) is 10.8. The van der Waals surface area contributed by atoms with Crippen molar-refractivity contribution in [2.75, 3.05) is 17.8 Å². The van der Waals surface area contributed by atoms with E-state index in [1.54, 1.807) is 0 Å². The topological polar surface area (TPSA) is 60.4 Å². The minimum atomic E-state index is -3.50. The lowest BCUT2D eigenvalue weighted by Gasteiger charge is -2.45. The summed E-state index contributed by atoms with van der Waals surface area (Å²) in [5.41, 5.74) is 0. The second-order valence-corrected chi connectivity index (χ2v) is 10.3. The van der Waals surface area contributed by atoms with Gasteiger partial charge in [0.15, 0.2) is 0 Å². The summed E-state index contributed by atoms with van der Waals surface area (Å²) in [5.74, 6) is 2.61. The third kappa shape index (κ3) is 2.71. The quantitative estimate of drug-likeness (QED) is 0.724. The average Bonchev–Trinajstić information content (AvgIpc) is 2.66. The fourth-order valence-corrected chi connectivity index (χ4v) is 7.80. The highest BCUT2D eigenvalue weighted by molar-refractivity contribution is 8.18. The molecule has 0 radical (unpaired) electrons. The van der Waals surface area contributed by atoms with Crippen LogP contribution in [0.4, 0.5) is 0 Å². The van der Waals surface area contributed by atoms with Crippen molar-refractivity contribution < 1.29 is 17.4 Å². The summed E-state index contributed by atoms with van der Waals surface area (Å²) in [6.45, 7) is 0. The van der Waals surface area contributed by atoms with Gasteiger partial charge in [0.2, 0.25) is 0 Å². The normalized spacial score (nSPS) is 37.7. The number of thioether (sulfide) groups is 2. The van der Waals surface area contributed by atoms with Crippen molar-refractivity contribution in [3.63, 3.8) is 0 Å². The van der Waals surface area contributed by atoms with Gasteiger partial charge in [-0.15, -0.1) is 23.5 Å². The van der Waals surface area contributed by atoms with E-state index in [2.05, 4.69) is 0 Å². The van der Waals surface area contributed by atoms with Crippen LogP contribution >= 0.6 is 23.5 Å². The molecular formula is C12H18O4S3. The third-order valence-corrected chi connectivity index (χ3v) is 8.50. The Bertz CT molecular complexity index is 481. The summed E-state index contributed by atoms with van der Waals surface area (Å²) >= 11 is 3.83. The van der Waals surface area contributed by atoms with Crippen molar-refractivity contribution >= 4 is 39.4 Å². The van der Waals surface area contributed by atoms with Crippen LogP contribution in [0.3, 0.4) is 0 Å². The summed E-state index contributed by atoms with van der Waals surface area (Å²) in [6.07, 6.45) is 3.92. The largest absolute Gasteiger partial charge is 0.299 e. The molecule has 2 bridgehead atoms. The van der Waals surface area contributed by atoms with Crippen LogP contribution in [0.15, 0.2) is 0 Å². The van der Waals surface area contributed by atoms with Crippen LogP contribution in [0, 0.1) is 11.8 Å². The van der Waals surface area contributed by atoms with Crippen LogP contribution < -0.4 is 0 Å². The first-order valence-electron chi connectivity index (χ1n) is 6.58. The van der Waals surface area contributed by atoms with Crippen LogP contribution in [0.1, 0.15) is 25.7 Å². The molecule has 19 heavy (non-hydrogen) atoms. The molecule has 2 saturated carbocycles. The van der Waals surface area contributed by atoms with Crippen LogP contribution in [-0.2, 0) is 19.1 Å². The van der Waals surface area contributed by atoms with Crippen molar-refractivity contribution in [3.8, 4) is 0 Å². The predicted octanol–water partition coefficient (Wildman–Crippen LogP) is 1.90. The summed E-state index contributed by atoms with van der Waals surface area (Å²) < 4.78 is 28.1. The Kier molecular flexibility index (Phi) is 3.69. The highest BCUT2D eigenvalue weighted by Crippen LogP contribution is 2.60. The molecule has 3 unspecified atom stereocenters. The number of Topliss-reactive ketones (excluding diaryl/α,β-unsaturated/α-hetero) is 1. The lowest BCUT2D eigenvalue weighted by Crippen LogP contribution is -2.44. The van der Waals surface area contributed by atoms with E-state index in [1.807, 2.05) is 23.5 Å². The Morgan fingerprint density at radius 1 is 1.32 bits per heavy atom. The fraction of sp³-hybridized carbons (Fsp3) is 0.917. The highest BCUT2D eigenvalue weighted by atomic mass is 32.2. The minimum absolute atomic E-state index is 0.0102. The molecule has 3 rings (SSSR count). The van der Waals surface area contributed by atoms with E-state index in [9.17, 15) is 13.2 Å². The first kappa shape index (κ1) is 14.2. The minimum Gasteiger partial charge on any atom is -0.299 e. The van der Waals surface area contributed by atoms with Gasteiger partial charge in [0, 0.05) is 12.3 Å². The Labute approximate surface area is 122 Å². The van der Waals surface area contributed by atoms with Crippen LogP contribution in [0.2, 0.25) is 0 Å². The zero-order valence-corrected chi connectivity index (χ0v) is 13.3. The maximum absolute atomic E-state index is 12.1. The smallest absolute Gasteiger partial charge is 0.264 e. The van der Waals surface area contributed by atoms with Gasteiger partial charge < -0.3 is 0 Å². The molecule has 108 valence electrons. The number of hydrogen-bond acceptors (Lipinski definition) is 6. The first-order chi connectivity index (χ1) is 8.90. The zero-order chi connectivity index (χ0) is 13.7. The molecule has 1 heterocycles. The number of hydrogen-bond donors (Lipinski definition) is 0. The summed E-state index contributed by atoms with van der Waals surface area (Å²) in [4.78, 5) is 12.1. The van der Waals surface area contributed by atoms with E-state index in [0.717, 1.165) is 24.2 Å². The molecule has 1 aliphatic heterocycles.